The van der Waals surface area contributed by atoms with E-state index in [1.807, 2.05) is 18.2 Å². The van der Waals surface area contributed by atoms with Gasteiger partial charge in [-0.1, -0.05) is 6.07 Å². The fourth-order valence-electron chi connectivity index (χ4n) is 1.87. The summed E-state index contributed by atoms with van der Waals surface area (Å²) in [5, 5.41) is 0. The maximum atomic E-state index is 6.11. The fraction of sp³-hybridized carbons (Fsp3) is 0.286. The van der Waals surface area contributed by atoms with Crippen LogP contribution in [0.5, 0.6) is 11.5 Å². The van der Waals surface area contributed by atoms with E-state index in [4.69, 9.17) is 15.2 Å². The van der Waals surface area contributed by atoms with Crippen LogP contribution in [0, 0.1) is 0 Å². The Kier molecular flexibility index (Phi) is 4.30. The Morgan fingerprint density at radius 1 is 1.16 bits per heavy atom. The molecule has 2 aromatic rings. The lowest BCUT2D eigenvalue weighted by Gasteiger charge is -2.13. The van der Waals surface area contributed by atoms with Crippen molar-refractivity contribution in [1.82, 2.24) is 9.97 Å². The minimum Gasteiger partial charge on any atom is -0.493 e. The van der Waals surface area contributed by atoms with Crippen LogP contribution >= 0.6 is 0 Å². The smallest absolute Gasteiger partial charge is 0.160 e. The van der Waals surface area contributed by atoms with Crippen LogP contribution in [0.1, 0.15) is 17.3 Å². The number of hydrogen-bond acceptors (Lipinski definition) is 5. The van der Waals surface area contributed by atoms with Crippen molar-refractivity contribution in [3.8, 4) is 11.5 Å². The maximum Gasteiger partial charge on any atom is 0.160 e. The molecule has 0 aliphatic rings. The zero-order chi connectivity index (χ0) is 13.7. The van der Waals surface area contributed by atoms with Crippen molar-refractivity contribution in [3.63, 3.8) is 0 Å². The Balaban J connectivity index is 2.15. The third kappa shape index (κ3) is 3.20. The second-order valence-electron chi connectivity index (χ2n) is 4.13. The number of nitrogens with two attached hydrogens (primary N) is 1. The molecule has 5 nitrogen and oxygen atoms in total. The summed E-state index contributed by atoms with van der Waals surface area (Å²) in [4.78, 5) is 8.23. The first-order valence-electron chi connectivity index (χ1n) is 5.97. The van der Waals surface area contributed by atoms with Crippen LogP contribution in [0.4, 0.5) is 0 Å². The summed E-state index contributed by atoms with van der Waals surface area (Å²) >= 11 is 0. The van der Waals surface area contributed by atoms with Gasteiger partial charge in [0.2, 0.25) is 0 Å². The fourth-order valence-corrected chi connectivity index (χ4v) is 1.87. The molecule has 0 saturated carbocycles. The third-order valence-electron chi connectivity index (χ3n) is 2.87. The first kappa shape index (κ1) is 13.3. The van der Waals surface area contributed by atoms with E-state index in [1.54, 1.807) is 32.8 Å². The molecule has 0 aliphatic carbocycles. The monoisotopic (exact) mass is 259 g/mol. The molecule has 1 unspecified atom stereocenters. The Bertz CT molecular complexity index is 531. The summed E-state index contributed by atoms with van der Waals surface area (Å²) in [6, 6.07) is 5.58. The topological polar surface area (TPSA) is 70.3 Å². The van der Waals surface area contributed by atoms with E-state index in [0.717, 1.165) is 11.3 Å². The zero-order valence-electron chi connectivity index (χ0n) is 11.0. The molecule has 5 heteroatoms. The molecule has 100 valence electrons. The quantitative estimate of drug-likeness (QED) is 0.885. The Hall–Kier alpha value is -2.14. The van der Waals surface area contributed by atoms with Crippen LogP contribution in [-0.2, 0) is 6.42 Å². The number of nitrogens with zero attached hydrogens (tertiary/aromatic N) is 2. The highest BCUT2D eigenvalue weighted by Crippen LogP contribution is 2.28. The van der Waals surface area contributed by atoms with E-state index in [1.165, 1.54) is 0 Å². The molecule has 1 aromatic carbocycles. The van der Waals surface area contributed by atoms with Gasteiger partial charge in [-0.2, -0.15) is 0 Å². The first-order valence-corrected chi connectivity index (χ1v) is 5.97. The second kappa shape index (κ2) is 6.15. The van der Waals surface area contributed by atoms with Crippen molar-refractivity contribution in [1.29, 1.82) is 0 Å². The predicted molar refractivity (Wildman–Crippen MR) is 72.2 cm³/mol. The highest BCUT2D eigenvalue weighted by Gasteiger charge is 2.11. The zero-order valence-corrected chi connectivity index (χ0v) is 11.0. The first-order chi connectivity index (χ1) is 9.24. The van der Waals surface area contributed by atoms with Gasteiger partial charge in [0.25, 0.3) is 0 Å². The molecule has 2 N–H and O–H groups in total. The molecule has 1 heterocycles. The molecule has 0 amide bonds. The van der Waals surface area contributed by atoms with Gasteiger partial charge in [0.1, 0.15) is 0 Å². The minimum absolute atomic E-state index is 0.188. The molecule has 1 atom stereocenters. The normalized spacial score (nSPS) is 11.9. The van der Waals surface area contributed by atoms with Crippen molar-refractivity contribution in [2.45, 2.75) is 12.5 Å². The van der Waals surface area contributed by atoms with Gasteiger partial charge in [-0.25, -0.2) is 0 Å². The van der Waals surface area contributed by atoms with Gasteiger partial charge in [0.15, 0.2) is 11.5 Å². The van der Waals surface area contributed by atoms with Gasteiger partial charge in [-0.3, -0.25) is 9.97 Å². The lowest BCUT2D eigenvalue weighted by atomic mass is 10.0. The van der Waals surface area contributed by atoms with Crippen molar-refractivity contribution in [3.05, 3.63) is 48.0 Å². The minimum atomic E-state index is -0.188. The molecule has 0 aliphatic heterocycles. The molecular formula is C14H17N3O2. The van der Waals surface area contributed by atoms with Crippen molar-refractivity contribution >= 4 is 0 Å². The molecule has 2 rings (SSSR count). The number of benzene rings is 1. The van der Waals surface area contributed by atoms with Gasteiger partial charge in [0, 0.05) is 18.6 Å². The van der Waals surface area contributed by atoms with Gasteiger partial charge in [0.05, 0.1) is 26.0 Å². The summed E-state index contributed by atoms with van der Waals surface area (Å²) in [7, 11) is 3.23. The van der Waals surface area contributed by atoms with Crippen LogP contribution in [0.25, 0.3) is 0 Å². The number of ether oxygens (including phenoxy) is 2. The van der Waals surface area contributed by atoms with Gasteiger partial charge >= 0.3 is 0 Å². The van der Waals surface area contributed by atoms with E-state index in [2.05, 4.69) is 9.97 Å². The number of methoxy groups -OCH3 is 2. The lowest BCUT2D eigenvalue weighted by Crippen LogP contribution is -2.15. The summed E-state index contributed by atoms with van der Waals surface area (Å²) < 4.78 is 10.5. The molecule has 1 aromatic heterocycles. The summed E-state index contributed by atoms with van der Waals surface area (Å²) in [6.07, 6.45) is 5.63. The Labute approximate surface area is 112 Å². The molecule has 0 radical (unpaired) electrons. The van der Waals surface area contributed by atoms with Crippen molar-refractivity contribution < 1.29 is 9.47 Å². The maximum absolute atomic E-state index is 6.11. The highest BCUT2D eigenvalue weighted by atomic mass is 16.5. The van der Waals surface area contributed by atoms with E-state index >= 15 is 0 Å². The van der Waals surface area contributed by atoms with Crippen molar-refractivity contribution in [2.24, 2.45) is 5.73 Å². The number of hydrogen-bond donors (Lipinski definition) is 1. The summed E-state index contributed by atoms with van der Waals surface area (Å²) in [5.41, 5.74) is 7.96. The molecule has 19 heavy (non-hydrogen) atoms. The van der Waals surface area contributed by atoms with Gasteiger partial charge < -0.3 is 15.2 Å². The lowest BCUT2D eigenvalue weighted by molar-refractivity contribution is 0.354. The number of aromatic nitrogens is 2. The van der Waals surface area contributed by atoms with Crippen LogP contribution in [-0.4, -0.2) is 24.2 Å². The van der Waals surface area contributed by atoms with Gasteiger partial charge in [-0.15, -0.1) is 0 Å². The summed E-state index contributed by atoms with van der Waals surface area (Å²) in [5.74, 6) is 1.41. The van der Waals surface area contributed by atoms with E-state index < -0.39 is 0 Å². The number of rotatable bonds is 5. The van der Waals surface area contributed by atoms with Crippen LogP contribution < -0.4 is 15.2 Å². The SMILES string of the molecule is COc1ccc(CC(N)c2cnccn2)cc1OC. The van der Waals surface area contributed by atoms with E-state index in [-0.39, 0.29) is 6.04 Å². The van der Waals surface area contributed by atoms with E-state index in [9.17, 15) is 0 Å². The molecule has 0 bridgehead atoms. The predicted octanol–water partition coefficient (Wildman–Crippen LogP) is 1.74. The van der Waals surface area contributed by atoms with E-state index in [0.29, 0.717) is 17.9 Å². The summed E-state index contributed by atoms with van der Waals surface area (Å²) in [6.45, 7) is 0. The Morgan fingerprint density at radius 3 is 2.58 bits per heavy atom. The Morgan fingerprint density at radius 2 is 1.95 bits per heavy atom. The highest BCUT2D eigenvalue weighted by molar-refractivity contribution is 5.43. The molecular weight excluding hydrogens is 242 g/mol. The average molecular weight is 259 g/mol. The molecule has 0 spiro atoms. The van der Waals surface area contributed by atoms with Crippen LogP contribution in [0.15, 0.2) is 36.8 Å². The van der Waals surface area contributed by atoms with Crippen LogP contribution in [0.2, 0.25) is 0 Å². The van der Waals surface area contributed by atoms with Crippen LogP contribution in [0.3, 0.4) is 0 Å². The largest absolute Gasteiger partial charge is 0.493 e. The molecule has 0 fully saturated rings. The standard InChI is InChI=1S/C14H17N3O2/c1-18-13-4-3-10(8-14(13)19-2)7-11(15)12-9-16-5-6-17-12/h3-6,8-9,11H,7,15H2,1-2H3. The molecule has 0 saturated heterocycles. The van der Waals surface area contributed by atoms with Gasteiger partial charge in [-0.05, 0) is 24.1 Å². The third-order valence-corrected chi connectivity index (χ3v) is 2.87. The average Bonchev–Trinajstić information content (AvgIpc) is 2.48. The second-order valence-corrected chi connectivity index (χ2v) is 4.13. The van der Waals surface area contributed by atoms with Crippen molar-refractivity contribution in [2.75, 3.05) is 14.2 Å².